The summed E-state index contributed by atoms with van der Waals surface area (Å²) in [5.41, 5.74) is 2.31. The Labute approximate surface area is 187 Å². The second-order valence-electron chi connectivity index (χ2n) is 9.91. The van der Waals surface area contributed by atoms with Crippen LogP contribution < -0.4 is 5.32 Å². The van der Waals surface area contributed by atoms with Gasteiger partial charge in [-0.15, -0.1) is 16.5 Å². The second kappa shape index (κ2) is 6.83. The van der Waals surface area contributed by atoms with Crippen LogP contribution in [0.15, 0.2) is 43.9 Å². The quantitative estimate of drug-likeness (QED) is 0.720. The molecule has 0 unspecified atom stereocenters. The number of piperidine rings is 1. The first-order chi connectivity index (χ1) is 14.5. The average molecular weight is 461 g/mol. The Morgan fingerprint density at radius 2 is 1.87 bits per heavy atom. The second-order valence-corrected chi connectivity index (χ2v) is 13.3. The summed E-state index contributed by atoms with van der Waals surface area (Å²) in [6.07, 6.45) is 2.48. The summed E-state index contributed by atoms with van der Waals surface area (Å²) in [7, 11) is -3.55. The third-order valence-corrected chi connectivity index (χ3v) is 10.2. The maximum Gasteiger partial charge on any atom is 0.244 e. The highest BCUT2D eigenvalue weighted by Crippen LogP contribution is 2.55. The van der Waals surface area contributed by atoms with Gasteiger partial charge < -0.3 is 5.32 Å². The van der Waals surface area contributed by atoms with Gasteiger partial charge in [-0.05, 0) is 44.6 Å². The third-order valence-electron chi connectivity index (χ3n) is 7.08. The molecule has 1 N–H and O–H groups in total. The Balaban J connectivity index is 1.50. The van der Waals surface area contributed by atoms with Crippen LogP contribution in [0.3, 0.4) is 0 Å². The topological polar surface area (TPSA) is 91.2 Å². The number of sulfonamides is 1. The summed E-state index contributed by atoms with van der Waals surface area (Å²) in [6, 6.07) is 1.77. The monoisotopic (exact) mass is 460 g/mol. The number of nitrogens with zero attached hydrogens (tertiary/aromatic N) is 3. The first kappa shape index (κ1) is 21.0. The molecule has 0 radical (unpaired) electrons. The average Bonchev–Trinajstić information content (AvgIpc) is 3.27. The van der Waals surface area contributed by atoms with Gasteiger partial charge in [0, 0.05) is 51.5 Å². The molecule has 5 rings (SSSR count). The number of rotatable bonds is 2. The van der Waals surface area contributed by atoms with E-state index in [0.717, 1.165) is 38.8 Å². The number of fused-ring (bicyclic) bond motifs is 2. The minimum atomic E-state index is -3.55. The van der Waals surface area contributed by atoms with Crippen molar-refractivity contribution in [1.82, 2.24) is 9.62 Å². The van der Waals surface area contributed by atoms with Crippen molar-refractivity contribution in [3.63, 3.8) is 0 Å². The number of nitrogens with one attached hydrogen (secondary N) is 1. The number of thiophene rings is 1. The van der Waals surface area contributed by atoms with E-state index in [9.17, 15) is 13.2 Å². The minimum absolute atomic E-state index is 0.101. The van der Waals surface area contributed by atoms with Gasteiger partial charge in [-0.2, -0.15) is 9.42 Å². The molecule has 166 valence electrons. The Kier molecular flexibility index (Phi) is 4.63. The van der Waals surface area contributed by atoms with E-state index < -0.39 is 15.4 Å². The number of allylic oxidation sites excluding steroid dienone is 2. The van der Waals surface area contributed by atoms with Gasteiger partial charge in [0.15, 0.2) is 11.6 Å². The standard InChI is InChI=1S/C22H28N4O3S2/c1-13-9-18(14(2)30-13)31(28,29)26-7-5-22(6-8-26)15-12-23-25-20(15)24-16-10-21(3,4)11-17(27)19(16)22/h9,24H,5-8,10-12H2,1-4H3. The van der Waals surface area contributed by atoms with Crippen molar-refractivity contribution in [2.45, 2.75) is 58.3 Å². The number of Topliss-reactive ketones (excluding diaryl/α,β-unsaturated/α-hetero) is 1. The van der Waals surface area contributed by atoms with Crippen LogP contribution >= 0.6 is 11.3 Å². The molecule has 4 heterocycles. The molecule has 7 nitrogen and oxygen atoms in total. The zero-order chi connectivity index (χ0) is 22.2. The summed E-state index contributed by atoms with van der Waals surface area (Å²) in [5, 5.41) is 12.0. The maximum atomic E-state index is 13.3. The van der Waals surface area contributed by atoms with Gasteiger partial charge in [0.05, 0.1) is 11.4 Å². The molecule has 1 aliphatic carbocycles. The number of azo groups is 1. The molecule has 0 aromatic carbocycles. The molecule has 1 spiro atoms. The fourth-order valence-corrected chi connectivity index (χ4v) is 8.70. The molecule has 0 amide bonds. The SMILES string of the molecule is Cc1cc(S(=O)(=O)N2CCC3(CC2)C2=C(N=NC2)NC2=C3C(=O)CC(C)(C)C2)c(C)s1. The Hall–Kier alpha value is -1.84. The predicted molar refractivity (Wildman–Crippen MR) is 119 cm³/mol. The van der Waals surface area contributed by atoms with E-state index in [2.05, 4.69) is 29.4 Å². The highest BCUT2D eigenvalue weighted by Gasteiger charge is 2.53. The molecule has 1 saturated heterocycles. The van der Waals surface area contributed by atoms with Gasteiger partial charge in [0.2, 0.25) is 10.0 Å². The van der Waals surface area contributed by atoms with Crippen LogP contribution in [0, 0.1) is 24.7 Å². The van der Waals surface area contributed by atoms with Crippen molar-refractivity contribution >= 4 is 27.1 Å². The summed E-state index contributed by atoms with van der Waals surface area (Å²) < 4.78 is 28.3. The lowest BCUT2D eigenvalue weighted by Crippen LogP contribution is -2.50. The lowest BCUT2D eigenvalue weighted by Gasteiger charge is -2.48. The van der Waals surface area contributed by atoms with E-state index in [4.69, 9.17) is 0 Å². The molecule has 0 saturated carbocycles. The van der Waals surface area contributed by atoms with Crippen LogP contribution in [0.4, 0.5) is 0 Å². The van der Waals surface area contributed by atoms with Gasteiger partial charge in [0.25, 0.3) is 0 Å². The van der Waals surface area contributed by atoms with E-state index in [0.29, 0.717) is 43.8 Å². The zero-order valence-electron chi connectivity index (χ0n) is 18.4. The van der Waals surface area contributed by atoms with Crippen molar-refractivity contribution in [1.29, 1.82) is 0 Å². The van der Waals surface area contributed by atoms with E-state index in [1.807, 2.05) is 13.8 Å². The minimum Gasteiger partial charge on any atom is -0.342 e. The van der Waals surface area contributed by atoms with Crippen molar-refractivity contribution in [3.8, 4) is 0 Å². The number of hydrogen-bond acceptors (Lipinski definition) is 7. The van der Waals surface area contributed by atoms with Crippen molar-refractivity contribution < 1.29 is 13.2 Å². The summed E-state index contributed by atoms with van der Waals surface area (Å²) in [6.45, 7) is 9.28. The molecule has 0 bridgehead atoms. The lowest BCUT2D eigenvalue weighted by molar-refractivity contribution is -0.119. The number of carbonyl (C=O) groups is 1. The van der Waals surface area contributed by atoms with Gasteiger partial charge in [-0.25, -0.2) is 8.42 Å². The molecule has 9 heteroatoms. The molecule has 1 aromatic heterocycles. The first-order valence-corrected chi connectivity index (χ1v) is 13.0. The van der Waals surface area contributed by atoms with Crippen molar-refractivity contribution in [2.24, 2.45) is 21.1 Å². The maximum absolute atomic E-state index is 13.3. The molecule has 1 aromatic rings. The summed E-state index contributed by atoms with van der Waals surface area (Å²) >= 11 is 1.51. The molecule has 31 heavy (non-hydrogen) atoms. The van der Waals surface area contributed by atoms with Crippen LogP contribution in [0.25, 0.3) is 0 Å². The van der Waals surface area contributed by atoms with Crippen molar-refractivity contribution in [2.75, 3.05) is 19.6 Å². The molecule has 3 aliphatic heterocycles. The van der Waals surface area contributed by atoms with E-state index in [1.54, 1.807) is 10.4 Å². The highest BCUT2D eigenvalue weighted by molar-refractivity contribution is 7.89. The van der Waals surface area contributed by atoms with Crippen molar-refractivity contribution in [3.05, 3.63) is 38.5 Å². The largest absolute Gasteiger partial charge is 0.342 e. The molecule has 1 fully saturated rings. The third kappa shape index (κ3) is 3.15. The number of hydrogen-bond donors (Lipinski definition) is 1. The number of dihydropyridines is 1. The van der Waals surface area contributed by atoms with Gasteiger partial charge in [-0.1, -0.05) is 13.8 Å². The van der Waals surface area contributed by atoms with Crippen LogP contribution in [0.1, 0.15) is 49.3 Å². The molecular weight excluding hydrogens is 432 g/mol. The summed E-state index contributed by atoms with van der Waals surface area (Å²) in [4.78, 5) is 15.6. The van der Waals surface area contributed by atoms with Crippen LogP contribution in [0.2, 0.25) is 0 Å². The fraction of sp³-hybridized carbons (Fsp3) is 0.591. The van der Waals surface area contributed by atoms with E-state index in [-0.39, 0.29) is 11.2 Å². The highest BCUT2D eigenvalue weighted by atomic mass is 32.2. The normalized spacial score (nSPS) is 25.1. The van der Waals surface area contributed by atoms with Gasteiger partial charge in [-0.3, -0.25) is 4.79 Å². The smallest absolute Gasteiger partial charge is 0.244 e. The Morgan fingerprint density at radius 3 is 2.52 bits per heavy atom. The molecule has 0 atom stereocenters. The fourth-order valence-electron chi connectivity index (χ4n) is 5.73. The lowest BCUT2D eigenvalue weighted by atomic mass is 9.60. The number of aryl methyl sites for hydroxylation is 2. The molecule has 4 aliphatic rings. The molecular formula is C22H28N4O3S2. The number of carbonyl (C=O) groups excluding carboxylic acids is 1. The Morgan fingerprint density at radius 1 is 1.16 bits per heavy atom. The number of ketones is 1. The van der Waals surface area contributed by atoms with Gasteiger partial charge in [0.1, 0.15) is 0 Å². The van der Waals surface area contributed by atoms with Crippen LogP contribution in [0.5, 0.6) is 0 Å². The van der Waals surface area contributed by atoms with Crippen LogP contribution in [-0.2, 0) is 14.8 Å². The van der Waals surface area contributed by atoms with Crippen LogP contribution in [-0.4, -0.2) is 38.1 Å². The summed E-state index contributed by atoms with van der Waals surface area (Å²) in [5.74, 6) is 0.947. The van der Waals surface area contributed by atoms with E-state index in [1.165, 1.54) is 11.3 Å². The van der Waals surface area contributed by atoms with E-state index >= 15 is 0 Å². The zero-order valence-corrected chi connectivity index (χ0v) is 20.0. The first-order valence-electron chi connectivity index (χ1n) is 10.8. The predicted octanol–water partition coefficient (Wildman–Crippen LogP) is 4.06. The van der Waals surface area contributed by atoms with Gasteiger partial charge >= 0.3 is 0 Å². The Bertz CT molecular complexity index is 1180.